The molecule has 38 heavy (non-hydrogen) atoms. The zero-order valence-electron chi connectivity index (χ0n) is 21.9. The van der Waals surface area contributed by atoms with Crippen molar-refractivity contribution in [1.29, 1.82) is 0 Å². The molecule has 0 bridgehead atoms. The molecule has 0 spiro atoms. The number of aryl methyl sites for hydroxylation is 2. The number of aliphatic carboxylic acids is 1. The van der Waals surface area contributed by atoms with Gasteiger partial charge in [0.25, 0.3) is 0 Å². The first kappa shape index (κ1) is 24.8. The lowest BCUT2D eigenvalue weighted by Crippen LogP contribution is -2.44. The zero-order chi connectivity index (χ0) is 26.6. The summed E-state index contributed by atoms with van der Waals surface area (Å²) in [6.07, 6.45) is 5.35. The Labute approximate surface area is 221 Å². The summed E-state index contributed by atoms with van der Waals surface area (Å²) in [7, 11) is 0. The first-order chi connectivity index (χ1) is 18.2. The molecule has 0 unspecified atom stereocenters. The fraction of sp³-hybridized carbons (Fsp3) is 0.433. The van der Waals surface area contributed by atoms with Crippen LogP contribution in [0.5, 0.6) is 5.75 Å². The zero-order valence-corrected chi connectivity index (χ0v) is 21.9. The first-order valence-corrected chi connectivity index (χ1v) is 13.2. The molecule has 2 aromatic carbocycles. The fourth-order valence-corrected chi connectivity index (χ4v) is 5.89. The second-order valence-electron chi connectivity index (χ2n) is 11.4. The van der Waals surface area contributed by atoms with Gasteiger partial charge in [-0.3, -0.25) is 9.78 Å². The second-order valence-corrected chi connectivity index (χ2v) is 11.4. The molecule has 0 radical (unpaired) electrons. The molecule has 2 aliphatic carbocycles. The molecule has 2 fully saturated rings. The highest BCUT2D eigenvalue weighted by atomic mass is 19.1. The Hall–Kier alpha value is -3.52. The van der Waals surface area contributed by atoms with Gasteiger partial charge in [0.1, 0.15) is 17.4 Å². The van der Waals surface area contributed by atoms with Gasteiger partial charge < -0.3 is 19.9 Å². The van der Waals surface area contributed by atoms with Crippen LogP contribution in [0, 0.1) is 31.0 Å². The number of aromatic nitrogens is 2. The number of benzene rings is 2. The van der Waals surface area contributed by atoms with E-state index in [1.165, 1.54) is 0 Å². The number of halogens is 1. The Bertz CT molecular complexity index is 1380. The molecule has 1 saturated carbocycles. The van der Waals surface area contributed by atoms with E-state index in [1.54, 1.807) is 18.5 Å². The van der Waals surface area contributed by atoms with E-state index < -0.39 is 5.97 Å². The van der Waals surface area contributed by atoms with Crippen molar-refractivity contribution in [2.45, 2.75) is 52.0 Å². The normalized spacial score (nSPS) is 22.9. The third-order valence-electron chi connectivity index (χ3n) is 8.08. The van der Waals surface area contributed by atoms with Gasteiger partial charge in [-0.1, -0.05) is 13.0 Å². The third-order valence-corrected chi connectivity index (χ3v) is 8.08. The number of ether oxygens (including phenoxy) is 2. The molecule has 6 rings (SSSR count). The SMILES string of the molecule is Cc1cc(OCC2(C)COC2)cc(C)c1-c1ccc(F)c2c1CC[C@H]2Nc1cnc([C@H]2C[C@@H]2C(=O)O)cn1. The van der Waals surface area contributed by atoms with Gasteiger partial charge in [-0.05, 0) is 79.1 Å². The van der Waals surface area contributed by atoms with E-state index in [1.807, 2.05) is 6.07 Å². The molecule has 2 heterocycles. The van der Waals surface area contributed by atoms with Gasteiger partial charge in [0.15, 0.2) is 0 Å². The van der Waals surface area contributed by atoms with Crippen LogP contribution < -0.4 is 10.1 Å². The number of nitrogens with one attached hydrogen (secondary N) is 1. The molecule has 1 aromatic heterocycles. The predicted octanol–water partition coefficient (Wildman–Crippen LogP) is 5.60. The minimum atomic E-state index is -0.793. The number of nitrogens with zero attached hydrogens (tertiary/aromatic N) is 2. The highest BCUT2D eigenvalue weighted by molar-refractivity contribution is 5.77. The Morgan fingerprint density at radius 2 is 1.97 bits per heavy atom. The standard InChI is InChI=1S/C30H32FN3O4/c1-16-8-18(38-15-30(3)13-37-14-30)9-17(2)27(16)19-4-6-23(31)28-20(19)5-7-24(28)34-26-12-32-25(11-33-26)21-10-22(21)29(35)36/h4,6,8-9,11-12,21-22,24H,5,7,10,13-15H2,1-3H3,(H,33,34)(H,35,36)/t21-,22-,24+/m0/s1. The highest BCUT2D eigenvalue weighted by Crippen LogP contribution is 2.47. The molecule has 2 N–H and O–H groups in total. The third kappa shape index (κ3) is 4.51. The van der Waals surface area contributed by atoms with Crippen molar-refractivity contribution in [3.8, 4) is 16.9 Å². The fourth-order valence-electron chi connectivity index (χ4n) is 5.89. The average Bonchev–Trinajstić information content (AvgIpc) is 3.57. The number of rotatable bonds is 8. The first-order valence-electron chi connectivity index (χ1n) is 13.2. The molecule has 0 amide bonds. The van der Waals surface area contributed by atoms with Crippen molar-refractivity contribution in [1.82, 2.24) is 9.97 Å². The number of hydrogen-bond donors (Lipinski definition) is 2. The maximum absolute atomic E-state index is 15.2. The maximum Gasteiger partial charge on any atom is 0.307 e. The molecule has 3 aromatic rings. The monoisotopic (exact) mass is 517 g/mol. The Morgan fingerprint density at radius 1 is 1.21 bits per heavy atom. The van der Waals surface area contributed by atoms with E-state index in [0.29, 0.717) is 30.1 Å². The smallest absolute Gasteiger partial charge is 0.307 e. The summed E-state index contributed by atoms with van der Waals surface area (Å²) in [5.41, 5.74) is 6.84. The van der Waals surface area contributed by atoms with Crippen LogP contribution in [0.4, 0.5) is 10.2 Å². The van der Waals surface area contributed by atoms with E-state index in [4.69, 9.17) is 14.6 Å². The highest BCUT2D eigenvalue weighted by Gasteiger charge is 2.45. The van der Waals surface area contributed by atoms with Crippen molar-refractivity contribution in [3.63, 3.8) is 0 Å². The summed E-state index contributed by atoms with van der Waals surface area (Å²) < 4.78 is 26.6. The van der Waals surface area contributed by atoms with Crippen LogP contribution in [0.25, 0.3) is 11.1 Å². The van der Waals surface area contributed by atoms with Crippen molar-refractivity contribution in [2.24, 2.45) is 11.3 Å². The van der Waals surface area contributed by atoms with Gasteiger partial charge in [-0.15, -0.1) is 0 Å². The van der Waals surface area contributed by atoms with Gasteiger partial charge in [-0.25, -0.2) is 9.37 Å². The lowest BCUT2D eigenvalue weighted by molar-refractivity contribution is -0.138. The molecular weight excluding hydrogens is 485 g/mol. The molecule has 1 aliphatic heterocycles. The topological polar surface area (TPSA) is 93.6 Å². The van der Waals surface area contributed by atoms with Gasteiger partial charge in [0, 0.05) is 16.9 Å². The van der Waals surface area contributed by atoms with Crippen LogP contribution in [0.2, 0.25) is 0 Å². The molecule has 8 heteroatoms. The van der Waals surface area contributed by atoms with Crippen LogP contribution in [0.1, 0.15) is 59.7 Å². The lowest BCUT2D eigenvalue weighted by Gasteiger charge is -2.37. The van der Waals surface area contributed by atoms with E-state index in [0.717, 1.165) is 59.6 Å². The largest absolute Gasteiger partial charge is 0.493 e. The number of carbonyl (C=O) groups is 1. The van der Waals surface area contributed by atoms with Crippen LogP contribution in [-0.2, 0) is 16.0 Å². The summed E-state index contributed by atoms with van der Waals surface area (Å²) in [6.45, 7) is 8.39. The lowest BCUT2D eigenvalue weighted by atomic mass is 9.89. The van der Waals surface area contributed by atoms with Crippen LogP contribution >= 0.6 is 0 Å². The maximum atomic E-state index is 15.2. The quantitative estimate of drug-likeness (QED) is 0.402. The summed E-state index contributed by atoms with van der Waals surface area (Å²) >= 11 is 0. The summed E-state index contributed by atoms with van der Waals surface area (Å²) in [5, 5.41) is 12.5. The molecular formula is C30H32FN3O4. The summed E-state index contributed by atoms with van der Waals surface area (Å²) in [4.78, 5) is 20.0. The Kier molecular flexibility index (Phi) is 6.10. The Morgan fingerprint density at radius 3 is 2.58 bits per heavy atom. The number of anilines is 1. The number of carboxylic acid groups (broad SMARTS) is 1. The molecule has 1 saturated heterocycles. The molecule has 7 nitrogen and oxygen atoms in total. The number of carboxylic acids is 1. The predicted molar refractivity (Wildman–Crippen MR) is 141 cm³/mol. The van der Waals surface area contributed by atoms with Crippen molar-refractivity contribution in [3.05, 3.63) is 70.4 Å². The van der Waals surface area contributed by atoms with E-state index in [9.17, 15) is 4.79 Å². The van der Waals surface area contributed by atoms with Crippen LogP contribution in [0.3, 0.4) is 0 Å². The van der Waals surface area contributed by atoms with E-state index in [-0.39, 0.29) is 29.1 Å². The molecule has 3 aliphatic rings. The van der Waals surface area contributed by atoms with E-state index in [2.05, 4.69) is 48.2 Å². The second kappa shape index (κ2) is 9.34. The van der Waals surface area contributed by atoms with Crippen LogP contribution in [0.15, 0.2) is 36.7 Å². The van der Waals surface area contributed by atoms with Crippen molar-refractivity contribution < 1.29 is 23.8 Å². The Balaban J connectivity index is 1.22. The van der Waals surface area contributed by atoms with Crippen molar-refractivity contribution in [2.75, 3.05) is 25.1 Å². The average molecular weight is 518 g/mol. The minimum Gasteiger partial charge on any atom is -0.493 e. The van der Waals surface area contributed by atoms with Crippen molar-refractivity contribution >= 4 is 11.8 Å². The van der Waals surface area contributed by atoms with Gasteiger partial charge >= 0.3 is 5.97 Å². The van der Waals surface area contributed by atoms with Gasteiger partial charge in [0.05, 0.1) is 49.9 Å². The molecule has 198 valence electrons. The minimum absolute atomic E-state index is 0.0696. The molecule has 3 atom stereocenters. The van der Waals surface area contributed by atoms with Crippen LogP contribution in [-0.4, -0.2) is 40.9 Å². The van der Waals surface area contributed by atoms with E-state index >= 15 is 4.39 Å². The number of fused-ring (bicyclic) bond motifs is 1. The van der Waals surface area contributed by atoms with Gasteiger partial charge in [0.2, 0.25) is 0 Å². The summed E-state index contributed by atoms with van der Waals surface area (Å²) in [6, 6.07) is 7.37. The summed E-state index contributed by atoms with van der Waals surface area (Å²) in [5.74, 6) is -0.0535. The number of hydrogen-bond acceptors (Lipinski definition) is 6. The van der Waals surface area contributed by atoms with Gasteiger partial charge in [-0.2, -0.15) is 0 Å².